The fourth-order valence-electron chi connectivity index (χ4n) is 0. The molecule has 0 amide bonds. The molecule has 0 saturated carbocycles. The Morgan fingerprint density at radius 2 is 1.00 bits per heavy atom. The third-order valence-electron chi connectivity index (χ3n) is 0. The summed E-state index contributed by atoms with van der Waals surface area (Å²) in [5.74, 6) is 0. The van der Waals surface area contributed by atoms with Crippen LogP contribution in [0, 0.1) is 0 Å². The molecule has 3 N–H and O–H groups in total. The first-order chi connectivity index (χ1) is 1.73. The van der Waals surface area contributed by atoms with E-state index in [2.05, 4.69) is 0 Å². The summed E-state index contributed by atoms with van der Waals surface area (Å²) in [7, 11) is -2.17. The van der Waals surface area contributed by atoms with E-state index in [0.717, 1.165) is 0 Å². The van der Waals surface area contributed by atoms with E-state index >= 15 is 0 Å². The van der Waals surface area contributed by atoms with Gasteiger partial charge in [0.2, 0.25) is 0 Å². The van der Waals surface area contributed by atoms with Gasteiger partial charge in [-0.15, -0.1) is 0 Å². The molecule has 0 fully saturated rings. The second-order valence-corrected chi connectivity index (χ2v) is 0.346. The molecule has 26 valence electrons. The van der Waals surface area contributed by atoms with Crippen molar-refractivity contribution >= 4 is 52.8 Å². The summed E-state index contributed by atoms with van der Waals surface area (Å²) >= 11 is 0. The van der Waals surface area contributed by atoms with Gasteiger partial charge < -0.3 is 15.1 Å². The average Bonchev–Trinajstić information content (AvgIpc) is 0.811. The SMILES string of the molecule is OB(O)O.[Sr]. The topological polar surface area (TPSA) is 60.7 Å². The zero-order valence-corrected chi connectivity index (χ0v) is 6.10. The molecule has 0 atom stereocenters. The van der Waals surface area contributed by atoms with E-state index < -0.39 is 7.32 Å². The van der Waals surface area contributed by atoms with Crippen molar-refractivity contribution in [3.8, 4) is 0 Å². The molecule has 2 radical (unpaired) electrons. The largest absolute Gasteiger partial charge is 0.631 e. The van der Waals surface area contributed by atoms with Crippen molar-refractivity contribution in [2.45, 2.75) is 0 Å². The van der Waals surface area contributed by atoms with Gasteiger partial charge in [0.15, 0.2) is 0 Å². The maximum atomic E-state index is 7.17. The van der Waals surface area contributed by atoms with E-state index in [-0.39, 0.29) is 45.5 Å². The van der Waals surface area contributed by atoms with Gasteiger partial charge >= 0.3 is 7.32 Å². The molecule has 5 heteroatoms. The zero-order valence-electron chi connectivity index (χ0n) is 2.63. The molecular formula is H3BO3Sr. The first kappa shape index (κ1) is 9.66. The van der Waals surface area contributed by atoms with E-state index in [9.17, 15) is 0 Å². The first-order valence-electron chi connectivity index (χ1n) is 0.775. The van der Waals surface area contributed by atoms with Gasteiger partial charge in [-0.25, -0.2) is 0 Å². The van der Waals surface area contributed by atoms with Crippen molar-refractivity contribution in [3.05, 3.63) is 0 Å². The standard InChI is InChI=1S/BH3O3.Sr/c2-1(3)4;/h2-4H;. The Kier molecular flexibility index (Phi) is 10.5. The summed E-state index contributed by atoms with van der Waals surface area (Å²) in [4.78, 5) is 0. The molecule has 0 aromatic heterocycles. The smallest absolute Gasteiger partial charge is 0.402 e. The van der Waals surface area contributed by atoms with Crippen LogP contribution in [0.25, 0.3) is 0 Å². The predicted molar refractivity (Wildman–Crippen MR) is 18.2 cm³/mol. The molecule has 0 bridgehead atoms. The molecule has 0 aromatic carbocycles. The molecule has 0 aliphatic carbocycles. The summed E-state index contributed by atoms with van der Waals surface area (Å²) in [6.07, 6.45) is 0. The number of hydrogen-bond donors (Lipinski definition) is 3. The van der Waals surface area contributed by atoms with E-state index in [0.29, 0.717) is 0 Å². The molecule has 0 aromatic rings. The monoisotopic (exact) mass is 150 g/mol. The normalized spacial score (nSPS) is 5.40. The molecule has 0 aliphatic heterocycles. The van der Waals surface area contributed by atoms with Gasteiger partial charge in [-0.05, 0) is 0 Å². The van der Waals surface area contributed by atoms with E-state index in [1.165, 1.54) is 0 Å². The Labute approximate surface area is 67.1 Å². The minimum absolute atomic E-state index is 0. The number of hydrogen-bond acceptors (Lipinski definition) is 3. The Bertz CT molecular complexity index is 11.6. The van der Waals surface area contributed by atoms with E-state index in [1.54, 1.807) is 0 Å². The van der Waals surface area contributed by atoms with Crippen LogP contribution in [0.3, 0.4) is 0 Å². The Morgan fingerprint density at radius 1 is 1.00 bits per heavy atom. The van der Waals surface area contributed by atoms with E-state index in [1.807, 2.05) is 0 Å². The Morgan fingerprint density at radius 3 is 1.00 bits per heavy atom. The zero-order chi connectivity index (χ0) is 3.58. The number of rotatable bonds is 0. The van der Waals surface area contributed by atoms with Crippen LogP contribution in [0.2, 0.25) is 0 Å². The second-order valence-electron chi connectivity index (χ2n) is 0.346. The van der Waals surface area contributed by atoms with Crippen molar-refractivity contribution in [3.63, 3.8) is 0 Å². The van der Waals surface area contributed by atoms with Gasteiger partial charge in [-0.2, -0.15) is 0 Å². The average molecular weight is 149 g/mol. The molecule has 0 aliphatic rings. The second kappa shape index (κ2) is 5.43. The summed E-state index contributed by atoms with van der Waals surface area (Å²) in [6.45, 7) is 0. The van der Waals surface area contributed by atoms with Crippen LogP contribution in [0.4, 0.5) is 0 Å². The third-order valence-corrected chi connectivity index (χ3v) is 0. The maximum absolute atomic E-state index is 7.17. The quantitative estimate of drug-likeness (QED) is 0.336. The van der Waals surface area contributed by atoms with Crippen molar-refractivity contribution in [1.82, 2.24) is 0 Å². The predicted octanol–water partition coefficient (Wildman–Crippen LogP) is -2.43. The fourth-order valence-corrected chi connectivity index (χ4v) is 0. The summed E-state index contributed by atoms with van der Waals surface area (Å²) in [6, 6.07) is 0. The van der Waals surface area contributed by atoms with Crippen molar-refractivity contribution < 1.29 is 15.1 Å². The van der Waals surface area contributed by atoms with Crippen molar-refractivity contribution in [1.29, 1.82) is 0 Å². The molecule has 3 nitrogen and oxygen atoms in total. The molecule has 0 saturated heterocycles. The molecule has 0 unspecified atom stereocenters. The van der Waals surface area contributed by atoms with Gasteiger partial charge in [0, 0.05) is 45.5 Å². The molecular weight excluding hydrogens is 146 g/mol. The molecule has 5 heavy (non-hydrogen) atoms. The Balaban J connectivity index is 0. The van der Waals surface area contributed by atoms with Crippen LogP contribution in [-0.2, 0) is 0 Å². The van der Waals surface area contributed by atoms with Gasteiger partial charge in [0.1, 0.15) is 0 Å². The van der Waals surface area contributed by atoms with Crippen LogP contribution in [-0.4, -0.2) is 67.9 Å². The van der Waals surface area contributed by atoms with Gasteiger partial charge in [0.05, 0.1) is 0 Å². The van der Waals surface area contributed by atoms with Crippen molar-refractivity contribution in [2.24, 2.45) is 0 Å². The van der Waals surface area contributed by atoms with Crippen LogP contribution in [0.1, 0.15) is 0 Å². The Hall–Kier alpha value is 1.43. The van der Waals surface area contributed by atoms with Crippen LogP contribution in [0.5, 0.6) is 0 Å². The first-order valence-corrected chi connectivity index (χ1v) is 0.775. The molecule has 0 heterocycles. The fraction of sp³-hybridized carbons (Fsp3) is 0. The van der Waals surface area contributed by atoms with Crippen molar-refractivity contribution in [2.75, 3.05) is 0 Å². The van der Waals surface area contributed by atoms with Crippen LogP contribution < -0.4 is 0 Å². The summed E-state index contributed by atoms with van der Waals surface area (Å²) in [5.41, 5.74) is 0. The van der Waals surface area contributed by atoms with Gasteiger partial charge in [-0.3, -0.25) is 0 Å². The van der Waals surface area contributed by atoms with Gasteiger partial charge in [0.25, 0.3) is 0 Å². The van der Waals surface area contributed by atoms with Crippen LogP contribution in [0.15, 0.2) is 0 Å². The minimum atomic E-state index is -2.17. The molecule has 0 spiro atoms. The third kappa shape index (κ3) is 31.3. The van der Waals surface area contributed by atoms with Gasteiger partial charge in [-0.1, -0.05) is 0 Å². The van der Waals surface area contributed by atoms with E-state index in [4.69, 9.17) is 15.1 Å². The maximum Gasteiger partial charge on any atom is 0.631 e. The molecule has 0 rings (SSSR count). The summed E-state index contributed by atoms with van der Waals surface area (Å²) < 4.78 is 0. The minimum Gasteiger partial charge on any atom is -0.402 e. The summed E-state index contributed by atoms with van der Waals surface area (Å²) in [5, 5.41) is 21.5. The van der Waals surface area contributed by atoms with Crippen LogP contribution >= 0.6 is 0 Å².